The standard InChI is InChI=1S/C9H13N3O3/c1-7-6-15-5-4-12(7)9(14)8(13)11-3-2-10/h7H,3-6H2,1H3,(H,11,13)/t7-/m1/s1. The highest BCUT2D eigenvalue weighted by Gasteiger charge is 2.28. The van der Waals surface area contributed by atoms with Gasteiger partial charge in [0.15, 0.2) is 0 Å². The number of ether oxygens (including phenoxy) is 1. The van der Waals surface area contributed by atoms with Crippen molar-refractivity contribution >= 4 is 11.8 Å². The molecule has 82 valence electrons. The molecule has 2 amide bonds. The van der Waals surface area contributed by atoms with E-state index in [4.69, 9.17) is 10.00 Å². The zero-order valence-electron chi connectivity index (χ0n) is 8.52. The molecule has 1 aliphatic heterocycles. The van der Waals surface area contributed by atoms with Gasteiger partial charge in [0.05, 0.1) is 25.3 Å². The van der Waals surface area contributed by atoms with Gasteiger partial charge in [-0.15, -0.1) is 0 Å². The minimum absolute atomic E-state index is 0.0981. The van der Waals surface area contributed by atoms with Crippen molar-refractivity contribution in [1.82, 2.24) is 10.2 Å². The van der Waals surface area contributed by atoms with E-state index in [0.29, 0.717) is 19.8 Å². The second-order valence-electron chi connectivity index (χ2n) is 3.26. The lowest BCUT2D eigenvalue weighted by atomic mass is 10.2. The van der Waals surface area contributed by atoms with Gasteiger partial charge in [-0.1, -0.05) is 0 Å². The third-order valence-electron chi connectivity index (χ3n) is 2.15. The number of hydrogen-bond donors (Lipinski definition) is 1. The first-order chi connectivity index (χ1) is 7.16. The van der Waals surface area contributed by atoms with Crippen molar-refractivity contribution in [2.75, 3.05) is 26.3 Å². The summed E-state index contributed by atoms with van der Waals surface area (Å²) in [6.45, 7) is 2.97. The number of morpholine rings is 1. The van der Waals surface area contributed by atoms with Gasteiger partial charge in [-0.25, -0.2) is 0 Å². The summed E-state index contributed by atoms with van der Waals surface area (Å²) < 4.78 is 5.15. The Morgan fingerprint density at radius 3 is 3.00 bits per heavy atom. The number of hydrogen-bond acceptors (Lipinski definition) is 4. The number of carbonyl (C=O) groups is 2. The first-order valence-electron chi connectivity index (χ1n) is 4.70. The third-order valence-corrected chi connectivity index (χ3v) is 2.15. The second-order valence-corrected chi connectivity index (χ2v) is 3.26. The Morgan fingerprint density at radius 2 is 2.40 bits per heavy atom. The van der Waals surface area contributed by atoms with Crippen molar-refractivity contribution in [2.24, 2.45) is 0 Å². The number of nitriles is 1. The van der Waals surface area contributed by atoms with Gasteiger partial charge in [0.25, 0.3) is 0 Å². The second kappa shape index (κ2) is 5.32. The Hall–Kier alpha value is -1.61. The van der Waals surface area contributed by atoms with E-state index < -0.39 is 11.8 Å². The van der Waals surface area contributed by atoms with Gasteiger partial charge < -0.3 is 15.0 Å². The molecule has 0 aromatic rings. The predicted molar refractivity (Wildman–Crippen MR) is 50.6 cm³/mol. The van der Waals surface area contributed by atoms with Crippen LogP contribution in [0.25, 0.3) is 0 Å². The van der Waals surface area contributed by atoms with Gasteiger partial charge in [-0.2, -0.15) is 5.26 Å². The summed E-state index contributed by atoms with van der Waals surface area (Å²) in [5.74, 6) is -1.33. The quantitative estimate of drug-likeness (QED) is 0.439. The van der Waals surface area contributed by atoms with Crippen molar-refractivity contribution in [3.8, 4) is 6.07 Å². The lowest BCUT2D eigenvalue weighted by Crippen LogP contribution is -2.52. The summed E-state index contributed by atoms with van der Waals surface area (Å²) >= 11 is 0. The van der Waals surface area contributed by atoms with Crippen LogP contribution >= 0.6 is 0 Å². The Balaban J connectivity index is 2.51. The van der Waals surface area contributed by atoms with Gasteiger partial charge in [0, 0.05) is 6.54 Å². The Morgan fingerprint density at radius 1 is 1.67 bits per heavy atom. The number of nitrogens with zero attached hydrogens (tertiary/aromatic N) is 2. The van der Waals surface area contributed by atoms with Crippen molar-refractivity contribution in [3.63, 3.8) is 0 Å². The van der Waals surface area contributed by atoms with Crippen LogP contribution in [-0.2, 0) is 14.3 Å². The van der Waals surface area contributed by atoms with Gasteiger partial charge >= 0.3 is 11.8 Å². The van der Waals surface area contributed by atoms with E-state index in [1.54, 1.807) is 6.07 Å². The van der Waals surface area contributed by atoms with Crippen molar-refractivity contribution in [1.29, 1.82) is 5.26 Å². The molecule has 1 heterocycles. The first kappa shape index (κ1) is 11.5. The van der Waals surface area contributed by atoms with Crippen molar-refractivity contribution < 1.29 is 14.3 Å². The molecule has 1 atom stereocenters. The van der Waals surface area contributed by atoms with Crippen LogP contribution in [0.2, 0.25) is 0 Å². The number of amides is 2. The molecule has 0 spiro atoms. The molecule has 1 N–H and O–H groups in total. The number of nitrogens with one attached hydrogen (secondary N) is 1. The van der Waals surface area contributed by atoms with Crippen LogP contribution in [0.5, 0.6) is 0 Å². The molecular formula is C9H13N3O3. The average molecular weight is 211 g/mol. The van der Waals surface area contributed by atoms with Crippen LogP contribution in [0.1, 0.15) is 6.92 Å². The highest BCUT2D eigenvalue weighted by atomic mass is 16.5. The number of carbonyl (C=O) groups excluding carboxylic acids is 2. The van der Waals surface area contributed by atoms with E-state index in [2.05, 4.69) is 5.32 Å². The van der Waals surface area contributed by atoms with E-state index in [1.807, 2.05) is 6.92 Å². The SMILES string of the molecule is C[C@@H]1COCCN1C(=O)C(=O)NCC#N. The monoisotopic (exact) mass is 211 g/mol. The third kappa shape index (κ3) is 2.92. The largest absolute Gasteiger partial charge is 0.377 e. The van der Waals surface area contributed by atoms with Crippen LogP contribution in [-0.4, -0.2) is 49.1 Å². The van der Waals surface area contributed by atoms with Gasteiger partial charge in [0.2, 0.25) is 0 Å². The molecule has 1 saturated heterocycles. The maximum Gasteiger partial charge on any atom is 0.312 e. The van der Waals surface area contributed by atoms with Crippen LogP contribution in [0, 0.1) is 11.3 Å². The van der Waals surface area contributed by atoms with Crippen molar-refractivity contribution in [3.05, 3.63) is 0 Å². The zero-order valence-corrected chi connectivity index (χ0v) is 8.52. The molecule has 1 aliphatic rings. The Bertz CT molecular complexity index is 297. The zero-order chi connectivity index (χ0) is 11.3. The first-order valence-corrected chi connectivity index (χ1v) is 4.70. The average Bonchev–Trinajstić information content (AvgIpc) is 2.25. The molecule has 0 saturated carbocycles. The van der Waals surface area contributed by atoms with E-state index in [0.717, 1.165) is 0 Å². The molecule has 0 bridgehead atoms. The summed E-state index contributed by atoms with van der Waals surface area (Å²) in [5.41, 5.74) is 0. The molecular weight excluding hydrogens is 198 g/mol. The summed E-state index contributed by atoms with van der Waals surface area (Å²) in [4.78, 5) is 24.3. The minimum atomic E-state index is -0.731. The molecule has 0 unspecified atom stereocenters. The highest BCUT2D eigenvalue weighted by Crippen LogP contribution is 2.05. The van der Waals surface area contributed by atoms with Gasteiger partial charge in [-0.05, 0) is 6.92 Å². The fourth-order valence-corrected chi connectivity index (χ4v) is 1.35. The van der Waals surface area contributed by atoms with Gasteiger partial charge in [0.1, 0.15) is 6.54 Å². The van der Waals surface area contributed by atoms with Crippen LogP contribution in [0.3, 0.4) is 0 Å². The van der Waals surface area contributed by atoms with Gasteiger partial charge in [-0.3, -0.25) is 9.59 Å². The molecule has 6 nitrogen and oxygen atoms in total. The van der Waals surface area contributed by atoms with Crippen molar-refractivity contribution in [2.45, 2.75) is 13.0 Å². The summed E-state index contributed by atoms with van der Waals surface area (Å²) in [6.07, 6.45) is 0. The summed E-state index contributed by atoms with van der Waals surface area (Å²) in [7, 11) is 0. The summed E-state index contributed by atoms with van der Waals surface area (Å²) in [5, 5.41) is 10.5. The molecule has 0 radical (unpaired) electrons. The lowest BCUT2D eigenvalue weighted by Gasteiger charge is -2.32. The fraction of sp³-hybridized carbons (Fsp3) is 0.667. The normalized spacial score (nSPS) is 20.5. The molecule has 15 heavy (non-hydrogen) atoms. The maximum atomic E-state index is 11.6. The minimum Gasteiger partial charge on any atom is -0.377 e. The molecule has 6 heteroatoms. The highest BCUT2D eigenvalue weighted by molar-refractivity contribution is 6.35. The molecule has 0 aromatic heterocycles. The van der Waals surface area contributed by atoms with E-state index in [-0.39, 0.29) is 12.6 Å². The van der Waals surface area contributed by atoms with E-state index in [1.165, 1.54) is 4.90 Å². The van der Waals surface area contributed by atoms with Crippen LogP contribution < -0.4 is 5.32 Å². The smallest absolute Gasteiger partial charge is 0.312 e. The molecule has 1 rings (SSSR count). The fourth-order valence-electron chi connectivity index (χ4n) is 1.35. The Kier molecular flexibility index (Phi) is 4.06. The summed E-state index contributed by atoms with van der Waals surface area (Å²) in [6, 6.07) is 1.64. The van der Waals surface area contributed by atoms with Crippen LogP contribution in [0.4, 0.5) is 0 Å². The molecule has 0 aromatic carbocycles. The maximum absolute atomic E-state index is 11.6. The number of rotatable bonds is 1. The predicted octanol–water partition coefficient (Wildman–Crippen LogP) is -1.13. The van der Waals surface area contributed by atoms with E-state index >= 15 is 0 Å². The molecule has 0 aliphatic carbocycles. The molecule has 1 fully saturated rings. The Labute approximate surface area is 87.8 Å². The lowest BCUT2D eigenvalue weighted by molar-refractivity contribution is -0.150. The van der Waals surface area contributed by atoms with E-state index in [9.17, 15) is 9.59 Å². The topological polar surface area (TPSA) is 82.4 Å². The van der Waals surface area contributed by atoms with Crippen LogP contribution in [0.15, 0.2) is 0 Å².